The predicted octanol–water partition coefficient (Wildman–Crippen LogP) is 6.51. The second kappa shape index (κ2) is 10.1. The number of fused-ring (bicyclic) bond motifs is 3. The quantitative estimate of drug-likeness (QED) is 0.318. The van der Waals surface area contributed by atoms with Crippen molar-refractivity contribution in [1.82, 2.24) is 4.57 Å². The summed E-state index contributed by atoms with van der Waals surface area (Å²) in [6.07, 6.45) is 0.790. The van der Waals surface area contributed by atoms with Crippen molar-refractivity contribution in [2.24, 2.45) is 5.92 Å². The molecular formula is C28H26ClN3O2. The Kier molecular flexibility index (Phi) is 7.00. The number of carbonyl (C=O) groups excluding carboxylic acids is 2. The SMILES string of the molecule is CCn1c2ccccc2c2cc(NC(=O)CC(C)CC(=O)Cc3ccc(C#N)c(Cl)c3)ccc21. The number of hydrogen-bond donors (Lipinski definition) is 1. The van der Waals surface area contributed by atoms with Gasteiger partial charge in [0.05, 0.1) is 10.6 Å². The van der Waals surface area contributed by atoms with E-state index in [2.05, 4.69) is 28.9 Å². The Morgan fingerprint density at radius 1 is 1.03 bits per heavy atom. The van der Waals surface area contributed by atoms with Crippen molar-refractivity contribution in [3.05, 3.63) is 76.8 Å². The van der Waals surface area contributed by atoms with Crippen LogP contribution in [-0.2, 0) is 22.6 Å². The Balaban J connectivity index is 1.38. The minimum absolute atomic E-state index is 0.0369. The van der Waals surface area contributed by atoms with Crippen molar-refractivity contribution < 1.29 is 9.59 Å². The van der Waals surface area contributed by atoms with Gasteiger partial charge in [0.25, 0.3) is 0 Å². The summed E-state index contributed by atoms with van der Waals surface area (Å²) < 4.78 is 2.27. The fourth-order valence-electron chi connectivity index (χ4n) is 4.52. The van der Waals surface area contributed by atoms with Gasteiger partial charge in [-0.2, -0.15) is 5.26 Å². The molecule has 1 heterocycles. The van der Waals surface area contributed by atoms with Gasteiger partial charge in [0.1, 0.15) is 11.9 Å². The standard InChI is InChI=1S/C28H26ClN3O2/c1-3-32-26-7-5-4-6-23(26)24-16-21(10-11-27(24)32)31-28(34)13-18(2)12-22(33)14-19-8-9-20(17-30)25(29)15-19/h4-11,15-16,18H,3,12-14H2,1-2H3,(H,31,34). The van der Waals surface area contributed by atoms with Gasteiger partial charge < -0.3 is 9.88 Å². The van der Waals surface area contributed by atoms with Crippen LogP contribution < -0.4 is 5.32 Å². The lowest BCUT2D eigenvalue weighted by atomic mass is 9.96. The van der Waals surface area contributed by atoms with Gasteiger partial charge in [-0.1, -0.05) is 42.8 Å². The van der Waals surface area contributed by atoms with Gasteiger partial charge in [-0.25, -0.2) is 0 Å². The summed E-state index contributed by atoms with van der Waals surface area (Å²) in [6.45, 7) is 4.90. The molecule has 1 aromatic heterocycles. The first-order chi connectivity index (χ1) is 16.4. The average molecular weight is 472 g/mol. The van der Waals surface area contributed by atoms with Crippen molar-refractivity contribution in [1.29, 1.82) is 5.26 Å². The summed E-state index contributed by atoms with van der Waals surface area (Å²) in [5.41, 5.74) is 4.23. The van der Waals surface area contributed by atoms with Gasteiger partial charge in [-0.15, -0.1) is 0 Å². The lowest BCUT2D eigenvalue weighted by Gasteiger charge is -2.12. The zero-order valence-corrected chi connectivity index (χ0v) is 20.0. The van der Waals surface area contributed by atoms with Crippen molar-refractivity contribution in [3.8, 4) is 6.07 Å². The summed E-state index contributed by atoms with van der Waals surface area (Å²) >= 11 is 6.05. The predicted molar refractivity (Wildman–Crippen MR) is 137 cm³/mol. The molecule has 5 nitrogen and oxygen atoms in total. The number of carbonyl (C=O) groups is 2. The van der Waals surface area contributed by atoms with Crippen molar-refractivity contribution in [3.63, 3.8) is 0 Å². The zero-order chi connectivity index (χ0) is 24.2. The molecule has 0 aliphatic heterocycles. The van der Waals surface area contributed by atoms with E-state index in [9.17, 15) is 9.59 Å². The Hall–Kier alpha value is -3.62. The molecule has 0 spiro atoms. The van der Waals surface area contributed by atoms with E-state index in [1.165, 1.54) is 5.52 Å². The number of ketones is 1. The van der Waals surface area contributed by atoms with Gasteiger partial charge >= 0.3 is 0 Å². The number of halogens is 1. The zero-order valence-electron chi connectivity index (χ0n) is 19.3. The van der Waals surface area contributed by atoms with Crippen LogP contribution in [0.5, 0.6) is 0 Å². The van der Waals surface area contributed by atoms with Gasteiger partial charge in [0, 0.05) is 53.3 Å². The highest BCUT2D eigenvalue weighted by molar-refractivity contribution is 6.31. The van der Waals surface area contributed by atoms with Gasteiger partial charge in [-0.3, -0.25) is 9.59 Å². The van der Waals surface area contributed by atoms with Crippen LogP contribution in [0.1, 0.15) is 37.8 Å². The second-order valence-corrected chi connectivity index (χ2v) is 9.10. The van der Waals surface area contributed by atoms with Gasteiger partial charge in [-0.05, 0) is 54.8 Å². The van der Waals surface area contributed by atoms with E-state index in [0.717, 1.165) is 34.1 Å². The molecule has 0 bridgehead atoms. The maximum absolute atomic E-state index is 12.7. The highest BCUT2D eigenvalue weighted by atomic mass is 35.5. The summed E-state index contributed by atoms with van der Waals surface area (Å²) in [7, 11) is 0. The fourth-order valence-corrected chi connectivity index (χ4v) is 4.77. The number of aryl methyl sites for hydroxylation is 1. The Morgan fingerprint density at radius 2 is 1.79 bits per heavy atom. The maximum atomic E-state index is 12.7. The maximum Gasteiger partial charge on any atom is 0.224 e. The van der Waals surface area contributed by atoms with E-state index in [1.54, 1.807) is 18.2 Å². The van der Waals surface area contributed by atoms with Crippen LogP contribution in [0.3, 0.4) is 0 Å². The topological polar surface area (TPSA) is 74.9 Å². The van der Waals surface area contributed by atoms with Gasteiger partial charge in [0.2, 0.25) is 5.91 Å². The van der Waals surface area contributed by atoms with Crippen LogP contribution >= 0.6 is 11.6 Å². The van der Waals surface area contributed by atoms with Crippen molar-refractivity contribution in [2.75, 3.05) is 5.32 Å². The first kappa shape index (κ1) is 23.5. The van der Waals surface area contributed by atoms with Crippen LogP contribution in [0.4, 0.5) is 5.69 Å². The molecule has 3 aromatic carbocycles. The minimum atomic E-state index is -0.111. The summed E-state index contributed by atoms with van der Waals surface area (Å²) in [4.78, 5) is 25.2. The number of aromatic nitrogens is 1. The van der Waals surface area contributed by atoms with Crippen LogP contribution in [0.2, 0.25) is 5.02 Å². The number of nitriles is 1. The molecule has 1 N–H and O–H groups in total. The third kappa shape index (κ3) is 4.98. The van der Waals surface area contributed by atoms with Crippen LogP contribution in [0, 0.1) is 17.2 Å². The van der Waals surface area contributed by atoms with Crippen LogP contribution in [0.15, 0.2) is 60.7 Å². The number of Topliss-reactive ketones (excluding diaryl/α,β-unsaturated/α-hetero) is 1. The van der Waals surface area contributed by atoms with Crippen molar-refractivity contribution >= 4 is 50.8 Å². The molecule has 34 heavy (non-hydrogen) atoms. The lowest BCUT2D eigenvalue weighted by Crippen LogP contribution is -2.17. The number of benzene rings is 3. The monoisotopic (exact) mass is 471 g/mol. The summed E-state index contributed by atoms with van der Waals surface area (Å²) in [5.74, 6) is -0.165. The lowest BCUT2D eigenvalue weighted by molar-refractivity contribution is -0.120. The second-order valence-electron chi connectivity index (χ2n) is 8.70. The molecule has 0 saturated carbocycles. The molecule has 0 saturated heterocycles. The minimum Gasteiger partial charge on any atom is -0.341 e. The highest BCUT2D eigenvalue weighted by Crippen LogP contribution is 2.31. The third-order valence-electron chi connectivity index (χ3n) is 6.04. The molecule has 0 aliphatic carbocycles. The van der Waals surface area contributed by atoms with Crippen molar-refractivity contribution in [2.45, 2.75) is 39.7 Å². The van der Waals surface area contributed by atoms with Gasteiger partial charge in [0.15, 0.2) is 0 Å². The largest absolute Gasteiger partial charge is 0.341 e. The number of amides is 1. The van der Waals surface area contributed by atoms with Crippen LogP contribution in [-0.4, -0.2) is 16.3 Å². The number of nitrogens with one attached hydrogen (secondary N) is 1. The molecule has 4 rings (SSSR count). The molecule has 4 aromatic rings. The molecule has 6 heteroatoms. The summed E-state index contributed by atoms with van der Waals surface area (Å²) in [5, 5.41) is 14.6. The van der Waals surface area contributed by atoms with Crippen LogP contribution in [0.25, 0.3) is 21.8 Å². The average Bonchev–Trinajstić information content (AvgIpc) is 3.12. The number of anilines is 1. The fraction of sp³-hybridized carbons (Fsp3) is 0.250. The first-order valence-corrected chi connectivity index (χ1v) is 11.8. The molecular weight excluding hydrogens is 446 g/mol. The Labute approximate surface area is 203 Å². The number of nitrogens with zero attached hydrogens (tertiary/aromatic N) is 2. The number of para-hydroxylation sites is 1. The molecule has 1 unspecified atom stereocenters. The van der Waals surface area contributed by atoms with E-state index in [-0.39, 0.29) is 30.4 Å². The van der Waals surface area contributed by atoms with E-state index in [4.69, 9.17) is 16.9 Å². The Bertz CT molecular complexity index is 1430. The van der Waals surface area contributed by atoms with E-state index >= 15 is 0 Å². The molecule has 0 aliphatic rings. The highest BCUT2D eigenvalue weighted by Gasteiger charge is 2.16. The molecule has 0 fully saturated rings. The van der Waals surface area contributed by atoms with E-state index in [0.29, 0.717) is 17.0 Å². The third-order valence-corrected chi connectivity index (χ3v) is 6.35. The summed E-state index contributed by atoms with van der Waals surface area (Å²) in [6, 6.07) is 21.3. The first-order valence-electron chi connectivity index (χ1n) is 11.4. The molecule has 1 atom stereocenters. The smallest absolute Gasteiger partial charge is 0.224 e. The molecule has 0 radical (unpaired) electrons. The molecule has 1 amide bonds. The normalized spacial score (nSPS) is 11.9. The molecule has 172 valence electrons. The number of hydrogen-bond acceptors (Lipinski definition) is 3. The Morgan fingerprint density at radius 3 is 2.53 bits per heavy atom. The van der Waals surface area contributed by atoms with E-state index < -0.39 is 0 Å². The number of rotatable bonds is 8. The van der Waals surface area contributed by atoms with E-state index in [1.807, 2.05) is 43.3 Å².